The van der Waals surface area contributed by atoms with E-state index >= 15 is 0 Å². The summed E-state index contributed by atoms with van der Waals surface area (Å²) in [5, 5.41) is 9.09. The Hall–Kier alpha value is -0.650. The maximum absolute atomic E-state index is 11.1. The Morgan fingerprint density at radius 1 is 1.11 bits per heavy atom. The Bertz CT molecular complexity index is 289. The maximum atomic E-state index is 11.1. The molecule has 0 aliphatic carbocycles. The summed E-state index contributed by atoms with van der Waals surface area (Å²) in [4.78, 5) is 17.9. The fraction of sp³-hybridized carbons (Fsp3) is 0.929. The number of likely N-dealkylation sites (tertiary alicyclic amines) is 2. The van der Waals surface area contributed by atoms with E-state index in [0.29, 0.717) is 12.1 Å². The summed E-state index contributed by atoms with van der Waals surface area (Å²) in [6.07, 6.45) is 4.89. The minimum Gasteiger partial charge on any atom is -0.480 e. The number of likely N-dealkylation sites (N-methyl/N-ethyl adjacent to an activating group) is 2. The van der Waals surface area contributed by atoms with Gasteiger partial charge in [-0.2, -0.15) is 0 Å². The van der Waals surface area contributed by atoms with Crippen LogP contribution >= 0.6 is 0 Å². The Morgan fingerprint density at radius 3 is 1.89 bits per heavy atom. The first kappa shape index (κ1) is 14.8. The molecule has 0 bridgehead atoms. The van der Waals surface area contributed by atoms with Crippen molar-refractivity contribution in [2.45, 2.75) is 37.8 Å². The predicted molar refractivity (Wildman–Crippen MR) is 75.4 cm³/mol. The van der Waals surface area contributed by atoms with Gasteiger partial charge >= 0.3 is 5.97 Å². The largest absolute Gasteiger partial charge is 0.480 e. The molecule has 2 aliphatic rings. The van der Waals surface area contributed by atoms with Gasteiger partial charge in [-0.15, -0.1) is 0 Å². The van der Waals surface area contributed by atoms with Crippen LogP contribution in [-0.2, 0) is 4.79 Å². The zero-order chi connectivity index (χ0) is 13.8. The van der Waals surface area contributed by atoms with Crippen molar-refractivity contribution in [2.24, 2.45) is 0 Å². The second-order valence-electron chi connectivity index (χ2n) is 6.14. The highest BCUT2D eigenvalue weighted by molar-refractivity contribution is 5.69. The zero-order valence-corrected chi connectivity index (χ0v) is 12.2. The van der Waals surface area contributed by atoms with E-state index in [0.717, 1.165) is 26.2 Å². The quantitative estimate of drug-likeness (QED) is 0.763. The van der Waals surface area contributed by atoms with Gasteiger partial charge in [-0.3, -0.25) is 9.69 Å². The average Bonchev–Trinajstić information content (AvgIpc) is 2.89. The molecule has 5 nitrogen and oxygen atoms in total. The Balaban J connectivity index is 1.89. The lowest BCUT2D eigenvalue weighted by molar-refractivity contribution is -0.138. The molecule has 0 radical (unpaired) electrons. The van der Waals surface area contributed by atoms with Gasteiger partial charge in [0, 0.05) is 25.2 Å². The van der Waals surface area contributed by atoms with Crippen molar-refractivity contribution in [3.05, 3.63) is 0 Å². The number of hydrogen-bond acceptors (Lipinski definition) is 4. The molecule has 2 saturated heterocycles. The molecule has 0 spiro atoms. The van der Waals surface area contributed by atoms with Crippen molar-refractivity contribution in [1.82, 2.24) is 14.7 Å². The third-order valence-corrected chi connectivity index (χ3v) is 4.64. The number of rotatable bonds is 6. The Labute approximate surface area is 116 Å². The lowest BCUT2D eigenvalue weighted by Crippen LogP contribution is -2.46. The van der Waals surface area contributed by atoms with E-state index in [4.69, 9.17) is 5.11 Å². The highest BCUT2D eigenvalue weighted by Crippen LogP contribution is 2.19. The van der Waals surface area contributed by atoms with Crippen molar-refractivity contribution in [3.63, 3.8) is 0 Å². The molecule has 0 unspecified atom stereocenters. The van der Waals surface area contributed by atoms with E-state index in [1.54, 1.807) is 0 Å². The first-order chi connectivity index (χ1) is 9.06. The molecule has 19 heavy (non-hydrogen) atoms. The Kier molecular flexibility index (Phi) is 5.19. The van der Waals surface area contributed by atoms with E-state index < -0.39 is 5.97 Å². The van der Waals surface area contributed by atoms with Gasteiger partial charge in [-0.1, -0.05) is 0 Å². The summed E-state index contributed by atoms with van der Waals surface area (Å²) in [6.45, 7) is 4.26. The van der Waals surface area contributed by atoms with Crippen molar-refractivity contribution in [2.75, 3.05) is 46.8 Å². The summed E-state index contributed by atoms with van der Waals surface area (Å²) in [7, 11) is 4.30. The van der Waals surface area contributed by atoms with Crippen molar-refractivity contribution >= 4 is 5.97 Å². The smallest absolute Gasteiger partial charge is 0.317 e. The van der Waals surface area contributed by atoms with Crippen LogP contribution < -0.4 is 0 Å². The van der Waals surface area contributed by atoms with Crippen LogP contribution in [0.2, 0.25) is 0 Å². The van der Waals surface area contributed by atoms with Crippen LogP contribution in [0.4, 0.5) is 0 Å². The fourth-order valence-electron chi connectivity index (χ4n) is 3.41. The molecule has 110 valence electrons. The molecule has 2 rings (SSSR count). The lowest BCUT2D eigenvalue weighted by atomic mass is 10.1. The predicted octanol–water partition coefficient (Wildman–Crippen LogP) is 0.561. The van der Waals surface area contributed by atoms with Gasteiger partial charge in [0.25, 0.3) is 0 Å². The minimum absolute atomic E-state index is 0.175. The van der Waals surface area contributed by atoms with Gasteiger partial charge in [-0.25, -0.2) is 0 Å². The molecule has 5 heteroatoms. The summed E-state index contributed by atoms with van der Waals surface area (Å²) in [5.74, 6) is -0.707. The number of nitrogens with zero attached hydrogens (tertiary/aromatic N) is 3. The van der Waals surface area contributed by atoms with Crippen LogP contribution in [0.5, 0.6) is 0 Å². The number of aliphatic carboxylic acids is 1. The standard InChI is InChI=1S/C14H27N3O2/c1-15-7-3-5-12(15)9-17(11-14(18)19)10-13-6-4-8-16(13)2/h12-13H,3-11H2,1-2H3,(H,18,19)/t12-,13-/m0/s1. The van der Waals surface area contributed by atoms with Gasteiger partial charge in [0.1, 0.15) is 0 Å². The summed E-state index contributed by atoms with van der Waals surface area (Å²) in [6, 6.07) is 1.07. The van der Waals surface area contributed by atoms with Crippen molar-refractivity contribution in [3.8, 4) is 0 Å². The normalized spacial score (nSPS) is 29.4. The number of hydrogen-bond donors (Lipinski definition) is 1. The second kappa shape index (κ2) is 6.68. The molecule has 0 amide bonds. The third kappa shape index (κ3) is 4.16. The van der Waals surface area contributed by atoms with Crippen LogP contribution in [0.3, 0.4) is 0 Å². The molecule has 0 aromatic rings. The van der Waals surface area contributed by atoms with Crippen LogP contribution in [-0.4, -0.2) is 84.7 Å². The third-order valence-electron chi connectivity index (χ3n) is 4.64. The van der Waals surface area contributed by atoms with E-state index in [2.05, 4.69) is 28.8 Å². The fourth-order valence-corrected chi connectivity index (χ4v) is 3.41. The molecule has 1 N–H and O–H groups in total. The first-order valence-corrected chi connectivity index (χ1v) is 7.41. The first-order valence-electron chi connectivity index (χ1n) is 7.41. The van der Waals surface area contributed by atoms with Crippen LogP contribution in [0.1, 0.15) is 25.7 Å². The molecule has 0 saturated carbocycles. The average molecular weight is 269 g/mol. The molecule has 2 fully saturated rings. The molecule has 2 atom stereocenters. The number of carboxylic acid groups (broad SMARTS) is 1. The molecular formula is C14H27N3O2. The molecule has 2 aliphatic heterocycles. The molecule has 0 aromatic carbocycles. The molecule has 0 aromatic heterocycles. The minimum atomic E-state index is -0.707. The van der Waals surface area contributed by atoms with Gasteiger partial charge in [-0.05, 0) is 52.9 Å². The van der Waals surface area contributed by atoms with E-state index in [-0.39, 0.29) is 6.54 Å². The van der Waals surface area contributed by atoms with E-state index in [1.807, 2.05) is 0 Å². The summed E-state index contributed by atoms with van der Waals surface area (Å²) in [5.41, 5.74) is 0. The van der Waals surface area contributed by atoms with Crippen molar-refractivity contribution in [1.29, 1.82) is 0 Å². The van der Waals surface area contributed by atoms with Crippen LogP contribution in [0.15, 0.2) is 0 Å². The van der Waals surface area contributed by atoms with E-state index in [1.165, 1.54) is 25.7 Å². The highest BCUT2D eigenvalue weighted by atomic mass is 16.4. The van der Waals surface area contributed by atoms with Crippen molar-refractivity contribution < 1.29 is 9.90 Å². The maximum Gasteiger partial charge on any atom is 0.317 e. The number of carboxylic acids is 1. The van der Waals surface area contributed by atoms with Gasteiger partial charge in [0.2, 0.25) is 0 Å². The zero-order valence-electron chi connectivity index (χ0n) is 12.2. The highest BCUT2D eigenvalue weighted by Gasteiger charge is 2.28. The van der Waals surface area contributed by atoms with Gasteiger partial charge < -0.3 is 14.9 Å². The van der Waals surface area contributed by atoms with Crippen LogP contribution in [0, 0.1) is 0 Å². The van der Waals surface area contributed by atoms with Crippen LogP contribution in [0.25, 0.3) is 0 Å². The lowest BCUT2D eigenvalue weighted by Gasteiger charge is -2.31. The van der Waals surface area contributed by atoms with Gasteiger partial charge in [0.05, 0.1) is 6.54 Å². The van der Waals surface area contributed by atoms with Gasteiger partial charge in [0.15, 0.2) is 0 Å². The Morgan fingerprint density at radius 2 is 1.58 bits per heavy atom. The monoisotopic (exact) mass is 269 g/mol. The molecule has 2 heterocycles. The van der Waals surface area contributed by atoms with E-state index in [9.17, 15) is 4.79 Å². The summed E-state index contributed by atoms with van der Waals surface area (Å²) >= 11 is 0. The topological polar surface area (TPSA) is 47.0 Å². The SMILES string of the molecule is CN1CCC[C@H]1CN(CC(=O)O)C[C@@H]1CCCN1C. The molecular weight excluding hydrogens is 242 g/mol. The summed E-state index contributed by atoms with van der Waals surface area (Å²) < 4.78 is 0. The second-order valence-corrected chi connectivity index (χ2v) is 6.14. The number of carbonyl (C=O) groups is 1.